The monoisotopic (exact) mass is 342 g/mol. The number of carbonyl (C=O) groups excluding carboxylic acids is 1. The van der Waals surface area contributed by atoms with E-state index in [1.54, 1.807) is 24.3 Å². The first-order chi connectivity index (χ1) is 12.1. The van der Waals surface area contributed by atoms with Gasteiger partial charge < -0.3 is 15.4 Å². The molecule has 0 spiro atoms. The van der Waals surface area contributed by atoms with Crippen LogP contribution in [-0.2, 0) is 6.54 Å². The Balaban J connectivity index is 1.63. The summed E-state index contributed by atoms with van der Waals surface area (Å²) in [6.45, 7) is -2.84. The topological polar surface area (TPSA) is 50.4 Å². The molecule has 0 saturated heterocycles. The van der Waals surface area contributed by atoms with Crippen LogP contribution < -0.4 is 15.4 Å². The molecule has 0 unspecified atom stereocenters. The lowest BCUT2D eigenvalue weighted by atomic mass is 10.1. The molecule has 3 aromatic rings. The Labute approximate surface area is 143 Å². The first kappa shape index (κ1) is 16.7. The number of hydrogen-bond donors (Lipinski definition) is 2. The second-order valence-electron chi connectivity index (χ2n) is 5.36. The summed E-state index contributed by atoms with van der Waals surface area (Å²) in [7, 11) is 0. The molecule has 2 N–H and O–H groups in total. The molecule has 0 fully saturated rings. The van der Waals surface area contributed by atoms with E-state index in [9.17, 15) is 13.6 Å². The number of rotatable bonds is 5. The lowest BCUT2D eigenvalue weighted by Crippen LogP contribution is -2.28. The van der Waals surface area contributed by atoms with Crippen LogP contribution in [-0.4, -0.2) is 12.6 Å². The summed E-state index contributed by atoms with van der Waals surface area (Å²) in [6.07, 6.45) is 0. The van der Waals surface area contributed by atoms with Gasteiger partial charge in [0, 0.05) is 17.8 Å². The van der Waals surface area contributed by atoms with E-state index in [2.05, 4.69) is 15.4 Å². The average Bonchev–Trinajstić information content (AvgIpc) is 2.60. The minimum Gasteiger partial charge on any atom is -0.434 e. The highest BCUT2D eigenvalue weighted by Crippen LogP contribution is 2.21. The van der Waals surface area contributed by atoms with Crippen molar-refractivity contribution in [2.24, 2.45) is 0 Å². The Morgan fingerprint density at radius 2 is 1.68 bits per heavy atom. The summed E-state index contributed by atoms with van der Waals surface area (Å²) in [5.41, 5.74) is 1.12. The van der Waals surface area contributed by atoms with Crippen LogP contribution in [0.15, 0.2) is 66.7 Å². The third-order valence-electron chi connectivity index (χ3n) is 3.64. The molecule has 3 rings (SSSR count). The Kier molecular flexibility index (Phi) is 5.09. The fraction of sp³-hybridized carbons (Fsp3) is 0.105. The number of ether oxygens (including phenoxy) is 1. The van der Waals surface area contributed by atoms with Crippen molar-refractivity contribution < 1.29 is 18.3 Å². The number of hydrogen-bond acceptors (Lipinski definition) is 2. The Hall–Kier alpha value is -3.15. The molecule has 0 aliphatic carbocycles. The number of anilines is 1. The van der Waals surface area contributed by atoms with Gasteiger partial charge >= 0.3 is 12.6 Å². The van der Waals surface area contributed by atoms with E-state index in [4.69, 9.17) is 0 Å². The molecule has 6 heteroatoms. The summed E-state index contributed by atoms with van der Waals surface area (Å²) in [5.74, 6) is 0.0449. The van der Waals surface area contributed by atoms with Gasteiger partial charge in [0.25, 0.3) is 0 Å². The van der Waals surface area contributed by atoms with E-state index in [1.807, 2.05) is 36.4 Å². The van der Waals surface area contributed by atoms with Gasteiger partial charge in [-0.25, -0.2) is 4.79 Å². The van der Waals surface area contributed by atoms with Crippen molar-refractivity contribution in [3.63, 3.8) is 0 Å². The van der Waals surface area contributed by atoms with E-state index in [1.165, 1.54) is 6.07 Å². The predicted octanol–water partition coefficient (Wildman–Crippen LogP) is 4.76. The van der Waals surface area contributed by atoms with Gasteiger partial charge in [-0.05, 0) is 29.0 Å². The fourth-order valence-electron chi connectivity index (χ4n) is 2.48. The maximum atomic E-state index is 12.4. The molecule has 0 aliphatic rings. The third-order valence-corrected chi connectivity index (χ3v) is 3.64. The molecule has 25 heavy (non-hydrogen) atoms. The van der Waals surface area contributed by atoms with Gasteiger partial charge in [0.05, 0.1) is 0 Å². The molecule has 2 amide bonds. The van der Waals surface area contributed by atoms with Crippen molar-refractivity contribution in [1.82, 2.24) is 5.32 Å². The number of carbonyl (C=O) groups is 1. The summed E-state index contributed by atoms with van der Waals surface area (Å²) in [6, 6.07) is 19.3. The van der Waals surface area contributed by atoms with Gasteiger partial charge in [0.1, 0.15) is 5.75 Å². The van der Waals surface area contributed by atoms with Crippen molar-refractivity contribution in [3.8, 4) is 5.75 Å². The van der Waals surface area contributed by atoms with E-state index >= 15 is 0 Å². The first-order valence-electron chi connectivity index (χ1n) is 7.68. The second-order valence-corrected chi connectivity index (χ2v) is 5.36. The van der Waals surface area contributed by atoms with Crippen molar-refractivity contribution in [2.45, 2.75) is 13.2 Å². The smallest absolute Gasteiger partial charge is 0.387 e. The minimum atomic E-state index is -2.91. The Bertz CT molecular complexity index is 884. The molecular weight excluding hydrogens is 326 g/mol. The number of alkyl halides is 2. The molecule has 0 bridgehead atoms. The Morgan fingerprint density at radius 1 is 0.960 bits per heavy atom. The average molecular weight is 342 g/mol. The third kappa shape index (κ3) is 4.44. The maximum Gasteiger partial charge on any atom is 0.387 e. The number of benzene rings is 3. The molecule has 3 aromatic carbocycles. The SMILES string of the molecule is O=C(NCc1ccccc1OC(F)F)Nc1ccc2ccccc2c1. The van der Waals surface area contributed by atoms with Crippen LogP contribution in [0.2, 0.25) is 0 Å². The van der Waals surface area contributed by atoms with Gasteiger partial charge in [-0.1, -0.05) is 48.5 Å². The molecule has 0 saturated carbocycles. The molecule has 0 atom stereocenters. The van der Waals surface area contributed by atoms with E-state index in [0.29, 0.717) is 11.3 Å². The van der Waals surface area contributed by atoms with Crippen molar-refractivity contribution in [3.05, 3.63) is 72.3 Å². The van der Waals surface area contributed by atoms with Crippen LogP contribution in [0.25, 0.3) is 10.8 Å². The number of nitrogens with one attached hydrogen (secondary N) is 2. The number of fused-ring (bicyclic) bond motifs is 1. The summed E-state index contributed by atoms with van der Waals surface area (Å²) in [5, 5.41) is 7.45. The highest BCUT2D eigenvalue weighted by Gasteiger charge is 2.10. The van der Waals surface area contributed by atoms with Crippen LogP contribution in [0.3, 0.4) is 0 Å². The number of amides is 2. The molecule has 0 aliphatic heterocycles. The van der Waals surface area contributed by atoms with Crippen molar-refractivity contribution in [1.29, 1.82) is 0 Å². The van der Waals surface area contributed by atoms with Crippen LogP contribution in [0, 0.1) is 0 Å². The summed E-state index contributed by atoms with van der Waals surface area (Å²) < 4.78 is 29.2. The van der Waals surface area contributed by atoms with Gasteiger partial charge in [-0.15, -0.1) is 0 Å². The van der Waals surface area contributed by atoms with Gasteiger partial charge in [0.15, 0.2) is 0 Å². The highest BCUT2D eigenvalue weighted by atomic mass is 19.3. The summed E-state index contributed by atoms with van der Waals surface area (Å²) in [4.78, 5) is 12.0. The zero-order valence-electron chi connectivity index (χ0n) is 13.2. The summed E-state index contributed by atoms with van der Waals surface area (Å²) >= 11 is 0. The molecule has 0 radical (unpaired) electrons. The number of halogens is 2. The van der Waals surface area contributed by atoms with E-state index in [-0.39, 0.29) is 12.3 Å². The number of para-hydroxylation sites is 1. The zero-order chi connectivity index (χ0) is 17.6. The van der Waals surface area contributed by atoms with Gasteiger partial charge in [0.2, 0.25) is 0 Å². The molecule has 0 aromatic heterocycles. The maximum absolute atomic E-state index is 12.4. The number of urea groups is 1. The molecule has 0 heterocycles. The lowest BCUT2D eigenvalue weighted by Gasteiger charge is -2.12. The van der Waals surface area contributed by atoms with Crippen LogP contribution in [0.4, 0.5) is 19.3 Å². The lowest BCUT2D eigenvalue weighted by molar-refractivity contribution is -0.0504. The van der Waals surface area contributed by atoms with E-state index < -0.39 is 12.6 Å². The van der Waals surface area contributed by atoms with Crippen LogP contribution in [0.1, 0.15) is 5.56 Å². The normalized spacial score (nSPS) is 10.7. The van der Waals surface area contributed by atoms with Crippen LogP contribution in [0.5, 0.6) is 5.75 Å². The quantitative estimate of drug-likeness (QED) is 0.702. The van der Waals surface area contributed by atoms with Crippen molar-refractivity contribution >= 4 is 22.5 Å². The second kappa shape index (κ2) is 7.61. The minimum absolute atomic E-state index is 0.0449. The van der Waals surface area contributed by atoms with E-state index in [0.717, 1.165) is 10.8 Å². The molecule has 4 nitrogen and oxygen atoms in total. The highest BCUT2D eigenvalue weighted by molar-refractivity contribution is 5.93. The largest absolute Gasteiger partial charge is 0.434 e. The Morgan fingerprint density at radius 3 is 2.48 bits per heavy atom. The van der Waals surface area contributed by atoms with Gasteiger partial charge in [-0.3, -0.25) is 0 Å². The van der Waals surface area contributed by atoms with Crippen LogP contribution >= 0.6 is 0 Å². The van der Waals surface area contributed by atoms with Crippen molar-refractivity contribution in [2.75, 3.05) is 5.32 Å². The first-order valence-corrected chi connectivity index (χ1v) is 7.68. The van der Waals surface area contributed by atoms with Gasteiger partial charge in [-0.2, -0.15) is 8.78 Å². The predicted molar refractivity (Wildman–Crippen MR) is 92.9 cm³/mol. The molecular formula is C19H16F2N2O2. The zero-order valence-corrected chi connectivity index (χ0v) is 13.2. The fourth-order valence-corrected chi connectivity index (χ4v) is 2.48. The molecule has 128 valence electrons. The standard InChI is InChI=1S/C19H16F2N2O2/c20-18(21)25-17-8-4-3-7-15(17)12-22-19(24)23-16-10-9-13-5-1-2-6-14(13)11-16/h1-11,18H,12H2,(H2,22,23,24).